The van der Waals surface area contributed by atoms with Gasteiger partial charge in [0, 0.05) is 19.7 Å². The number of carbonyl (C=O) groups excluding carboxylic acids is 1. The number of fused-ring (bicyclic) bond motifs is 1. The molecule has 0 aliphatic heterocycles. The molecule has 0 aliphatic rings. The Bertz CT molecular complexity index is 1310. The number of aromatic amines is 1. The van der Waals surface area contributed by atoms with Gasteiger partial charge in [0.1, 0.15) is 5.82 Å². The molecule has 0 unspecified atom stereocenters. The number of carbonyl (C=O) groups is 1. The third-order valence-corrected chi connectivity index (χ3v) is 7.01. The summed E-state index contributed by atoms with van der Waals surface area (Å²) >= 11 is 0. The van der Waals surface area contributed by atoms with Crippen molar-refractivity contribution in [1.29, 1.82) is 0 Å². The highest BCUT2D eigenvalue weighted by molar-refractivity contribution is 7.89. The van der Waals surface area contributed by atoms with Crippen LogP contribution in [0.4, 0.5) is 0 Å². The fourth-order valence-electron chi connectivity index (χ4n) is 3.45. The molecule has 32 heavy (non-hydrogen) atoms. The first kappa shape index (κ1) is 21.7. The largest absolute Gasteiger partial charge is 0.342 e. The number of aromatic nitrogens is 2. The minimum absolute atomic E-state index is 0.0681. The van der Waals surface area contributed by atoms with Gasteiger partial charge in [0.15, 0.2) is 0 Å². The molecular formula is C24H24N4O3S. The molecule has 2 N–H and O–H groups in total. The molecule has 3 aromatic carbocycles. The smallest absolute Gasteiger partial charge is 0.251 e. The summed E-state index contributed by atoms with van der Waals surface area (Å²) in [5.41, 5.74) is 3.01. The van der Waals surface area contributed by atoms with Crippen LogP contribution < -0.4 is 5.32 Å². The summed E-state index contributed by atoms with van der Waals surface area (Å²) in [7, 11) is -0.729. The van der Waals surface area contributed by atoms with Crippen LogP contribution in [0.15, 0.2) is 83.8 Å². The summed E-state index contributed by atoms with van der Waals surface area (Å²) in [5, 5.41) is 3.03. The molecule has 0 spiro atoms. The summed E-state index contributed by atoms with van der Waals surface area (Å²) in [6, 6.07) is 23.1. The van der Waals surface area contributed by atoms with E-state index in [1.807, 2.05) is 54.6 Å². The van der Waals surface area contributed by atoms with Gasteiger partial charge in [0.2, 0.25) is 10.0 Å². The lowest BCUT2D eigenvalue weighted by atomic mass is 10.0. The van der Waals surface area contributed by atoms with Crippen molar-refractivity contribution in [2.24, 2.45) is 0 Å². The Balaban J connectivity index is 1.66. The first-order chi connectivity index (χ1) is 15.3. The van der Waals surface area contributed by atoms with Crippen molar-refractivity contribution in [1.82, 2.24) is 19.6 Å². The Hall–Kier alpha value is -3.49. The van der Waals surface area contributed by atoms with Gasteiger partial charge in [-0.15, -0.1) is 0 Å². The molecule has 1 heterocycles. The van der Waals surface area contributed by atoms with E-state index >= 15 is 0 Å². The first-order valence-electron chi connectivity index (χ1n) is 10.2. The monoisotopic (exact) mass is 448 g/mol. The molecule has 0 aliphatic carbocycles. The lowest BCUT2D eigenvalue weighted by molar-refractivity contribution is 0.0934. The van der Waals surface area contributed by atoms with Crippen LogP contribution in [0.3, 0.4) is 0 Å². The van der Waals surface area contributed by atoms with Crippen LogP contribution in [-0.2, 0) is 16.4 Å². The van der Waals surface area contributed by atoms with E-state index in [1.165, 1.54) is 26.2 Å². The van der Waals surface area contributed by atoms with Crippen LogP contribution in [0.5, 0.6) is 0 Å². The zero-order chi connectivity index (χ0) is 22.7. The van der Waals surface area contributed by atoms with Crippen LogP contribution >= 0.6 is 0 Å². The number of rotatable bonds is 7. The Kier molecular flexibility index (Phi) is 6.07. The maximum atomic E-state index is 13.1. The Morgan fingerprint density at radius 2 is 1.72 bits per heavy atom. The van der Waals surface area contributed by atoms with Gasteiger partial charge >= 0.3 is 0 Å². The molecule has 7 nitrogen and oxygen atoms in total. The van der Waals surface area contributed by atoms with Crippen LogP contribution in [-0.4, -0.2) is 42.7 Å². The lowest BCUT2D eigenvalue weighted by Gasteiger charge is -2.18. The van der Waals surface area contributed by atoms with E-state index in [9.17, 15) is 13.2 Å². The number of amides is 1. The number of nitrogens with one attached hydrogen (secondary N) is 2. The molecule has 0 saturated carbocycles. The van der Waals surface area contributed by atoms with Crippen LogP contribution in [0, 0.1) is 0 Å². The minimum Gasteiger partial charge on any atom is -0.342 e. The lowest BCUT2D eigenvalue weighted by Crippen LogP contribution is -2.31. The van der Waals surface area contributed by atoms with E-state index in [4.69, 9.17) is 0 Å². The van der Waals surface area contributed by atoms with Crippen LogP contribution in [0.2, 0.25) is 0 Å². The molecular weight excluding hydrogens is 424 g/mol. The van der Waals surface area contributed by atoms with Gasteiger partial charge in [-0.25, -0.2) is 17.7 Å². The second-order valence-corrected chi connectivity index (χ2v) is 9.82. The molecule has 0 bridgehead atoms. The highest BCUT2D eigenvalue weighted by Crippen LogP contribution is 2.21. The number of benzene rings is 3. The molecule has 0 fully saturated rings. The molecule has 4 aromatic rings. The Morgan fingerprint density at radius 3 is 2.44 bits per heavy atom. The third kappa shape index (κ3) is 4.56. The zero-order valence-electron chi connectivity index (χ0n) is 17.8. The van der Waals surface area contributed by atoms with Crippen molar-refractivity contribution in [3.8, 4) is 0 Å². The Morgan fingerprint density at radius 1 is 1.00 bits per heavy atom. The molecule has 1 atom stereocenters. The van der Waals surface area contributed by atoms with Crippen molar-refractivity contribution in [3.05, 3.63) is 95.8 Å². The van der Waals surface area contributed by atoms with Gasteiger partial charge in [-0.1, -0.05) is 48.5 Å². The minimum atomic E-state index is -3.64. The second kappa shape index (κ2) is 8.94. The van der Waals surface area contributed by atoms with Gasteiger partial charge in [0.25, 0.3) is 5.91 Å². The number of H-pyrrole nitrogens is 1. The average Bonchev–Trinajstić information content (AvgIpc) is 3.23. The van der Waals surface area contributed by atoms with Gasteiger partial charge in [-0.05, 0) is 42.3 Å². The maximum Gasteiger partial charge on any atom is 0.251 e. The molecule has 0 saturated heterocycles. The van der Waals surface area contributed by atoms with Crippen LogP contribution in [0.25, 0.3) is 11.0 Å². The number of imidazole rings is 1. The van der Waals surface area contributed by atoms with Crippen molar-refractivity contribution in [2.75, 3.05) is 14.1 Å². The van der Waals surface area contributed by atoms with Crippen molar-refractivity contribution in [3.63, 3.8) is 0 Å². The second-order valence-electron chi connectivity index (χ2n) is 7.67. The quantitative estimate of drug-likeness (QED) is 0.452. The first-order valence-corrected chi connectivity index (χ1v) is 11.6. The summed E-state index contributed by atoms with van der Waals surface area (Å²) in [4.78, 5) is 21.1. The fraction of sp³-hybridized carbons (Fsp3) is 0.167. The topological polar surface area (TPSA) is 95.2 Å². The van der Waals surface area contributed by atoms with Gasteiger partial charge in [-0.2, -0.15) is 0 Å². The maximum absolute atomic E-state index is 13.1. The normalized spacial score (nSPS) is 12.7. The van der Waals surface area contributed by atoms with Gasteiger partial charge in [0.05, 0.1) is 22.0 Å². The molecule has 164 valence electrons. The SMILES string of the molecule is CN(C)S(=O)(=O)c1cccc(C(=O)N[C@@H](Cc2ccccc2)c2nc3ccccc3[nH]2)c1. The molecule has 0 radical (unpaired) electrons. The van der Waals surface area contributed by atoms with E-state index < -0.39 is 16.1 Å². The van der Waals surface area contributed by atoms with E-state index in [1.54, 1.807) is 12.1 Å². The van der Waals surface area contributed by atoms with E-state index in [2.05, 4.69) is 15.3 Å². The molecule has 4 rings (SSSR count). The highest BCUT2D eigenvalue weighted by Gasteiger charge is 2.22. The molecule has 1 amide bonds. The van der Waals surface area contributed by atoms with Crippen molar-refractivity contribution in [2.45, 2.75) is 17.4 Å². The summed E-state index contributed by atoms with van der Waals surface area (Å²) in [6.45, 7) is 0. The van der Waals surface area contributed by atoms with Gasteiger partial charge in [-0.3, -0.25) is 4.79 Å². The number of nitrogens with zero attached hydrogens (tertiary/aromatic N) is 2. The van der Waals surface area contributed by atoms with E-state index in [0.717, 1.165) is 20.9 Å². The summed E-state index contributed by atoms with van der Waals surface area (Å²) < 4.78 is 26.1. The zero-order valence-corrected chi connectivity index (χ0v) is 18.6. The summed E-state index contributed by atoms with van der Waals surface area (Å²) in [5.74, 6) is 0.266. The predicted molar refractivity (Wildman–Crippen MR) is 124 cm³/mol. The average molecular weight is 449 g/mol. The molecule has 1 aromatic heterocycles. The number of para-hydroxylation sites is 2. The van der Waals surface area contributed by atoms with Crippen LogP contribution in [0.1, 0.15) is 27.8 Å². The highest BCUT2D eigenvalue weighted by atomic mass is 32.2. The van der Waals surface area contributed by atoms with Gasteiger partial charge < -0.3 is 10.3 Å². The summed E-state index contributed by atoms with van der Waals surface area (Å²) in [6.07, 6.45) is 0.530. The van der Waals surface area contributed by atoms with E-state index in [-0.39, 0.29) is 16.4 Å². The fourth-order valence-corrected chi connectivity index (χ4v) is 4.40. The molecule has 8 heteroatoms. The predicted octanol–water partition coefficient (Wildman–Crippen LogP) is 3.53. The van der Waals surface area contributed by atoms with Crippen molar-refractivity contribution >= 4 is 27.0 Å². The number of sulfonamides is 1. The number of hydrogen-bond donors (Lipinski definition) is 2. The van der Waals surface area contributed by atoms with E-state index in [0.29, 0.717) is 12.2 Å². The van der Waals surface area contributed by atoms with Crippen molar-refractivity contribution < 1.29 is 13.2 Å². The standard InChI is InChI=1S/C24H24N4O3S/c1-28(2)32(30,31)19-12-8-11-18(16-19)24(29)27-22(15-17-9-4-3-5-10-17)23-25-20-13-6-7-14-21(20)26-23/h3-14,16,22H,15H2,1-2H3,(H,25,26)(H,27,29)/t22-/m0/s1. The Labute approximate surface area is 187 Å². The number of hydrogen-bond acceptors (Lipinski definition) is 4. The third-order valence-electron chi connectivity index (χ3n) is 5.20.